The summed E-state index contributed by atoms with van der Waals surface area (Å²) in [5.41, 5.74) is -6.33. The Kier molecular flexibility index (Phi) is 6.38. The van der Waals surface area contributed by atoms with Crippen LogP contribution in [0, 0.1) is 6.92 Å². The molecule has 0 saturated carbocycles. The summed E-state index contributed by atoms with van der Waals surface area (Å²) in [6, 6.07) is 14.9. The number of nitrogens with zero attached hydrogens (tertiary/aromatic N) is 2. The molecule has 1 heterocycles. The molecule has 0 spiro atoms. The topological polar surface area (TPSA) is 55.1 Å². The van der Waals surface area contributed by atoms with E-state index in [4.69, 9.17) is 11.6 Å². The molecule has 0 atom stereocenters. The Labute approximate surface area is 205 Å². The second-order valence-electron chi connectivity index (χ2n) is 8.18. The molecule has 0 fully saturated rings. The van der Waals surface area contributed by atoms with Crippen molar-refractivity contribution < 1.29 is 31.4 Å². The third kappa shape index (κ3) is 4.24. The Morgan fingerprint density at radius 3 is 2.17 bits per heavy atom. The highest BCUT2D eigenvalue weighted by molar-refractivity contribution is 6.36. The maximum Gasteiger partial charge on any atom is 0.430 e. The standard InChI is InChI=1S/C25H17ClF6N2O2/c1-14-10-11-18-20(21(14)26)22(35)34(19(33-18)12-15-6-3-2-4-7-15)17-9-5-8-16(13-17)23(36,24(27,28)29)25(30,31)32/h2-11,13,36H,12H2,1H3. The van der Waals surface area contributed by atoms with Crippen LogP contribution < -0.4 is 5.56 Å². The molecule has 36 heavy (non-hydrogen) atoms. The van der Waals surface area contributed by atoms with Crippen molar-refractivity contribution in [3.63, 3.8) is 0 Å². The van der Waals surface area contributed by atoms with Crippen molar-refractivity contribution in [3.05, 3.63) is 105 Å². The summed E-state index contributed by atoms with van der Waals surface area (Å²) < 4.78 is 81.9. The van der Waals surface area contributed by atoms with Crippen molar-refractivity contribution in [2.45, 2.75) is 31.3 Å². The van der Waals surface area contributed by atoms with Gasteiger partial charge in [0.15, 0.2) is 0 Å². The fourth-order valence-corrected chi connectivity index (χ4v) is 4.15. The fourth-order valence-electron chi connectivity index (χ4n) is 3.91. The van der Waals surface area contributed by atoms with Gasteiger partial charge in [0, 0.05) is 12.0 Å². The Morgan fingerprint density at radius 2 is 1.56 bits per heavy atom. The van der Waals surface area contributed by atoms with Gasteiger partial charge in [-0.05, 0) is 36.2 Å². The lowest BCUT2D eigenvalue weighted by molar-refractivity contribution is -0.376. The van der Waals surface area contributed by atoms with Crippen LogP contribution in [0.2, 0.25) is 5.02 Å². The Morgan fingerprint density at radius 1 is 0.917 bits per heavy atom. The van der Waals surface area contributed by atoms with E-state index in [0.717, 1.165) is 16.7 Å². The lowest BCUT2D eigenvalue weighted by Crippen LogP contribution is -2.54. The van der Waals surface area contributed by atoms with Gasteiger partial charge in [-0.1, -0.05) is 60.1 Å². The van der Waals surface area contributed by atoms with E-state index in [1.165, 1.54) is 0 Å². The number of fused-ring (bicyclic) bond motifs is 1. The molecular formula is C25H17ClF6N2O2. The first-order chi connectivity index (χ1) is 16.8. The molecule has 1 N–H and O–H groups in total. The summed E-state index contributed by atoms with van der Waals surface area (Å²) in [5, 5.41) is 9.90. The first kappa shape index (κ1) is 25.7. The monoisotopic (exact) mass is 526 g/mol. The van der Waals surface area contributed by atoms with E-state index in [1.54, 1.807) is 49.4 Å². The molecule has 0 amide bonds. The van der Waals surface area contributed by atoms with Gasteiger partial charge in [0.1, 0.15) is 5.82 Å². The number of aryl methyl sites for hydroxylation is 1. The number of rotatable bonds is 4. The predicted molar refractivity (Wildman–Crippen MR) is 122 cm³/mol. The van der Waals surface area contributed by atoms with Crippen molar-refractivity contribution >= 4 is 22.5 Å². The molecule has 3 aromatic carbocycles. The Balaban J connectivity index is 2.04. The number of hydrogen-bond acceptors (Lipinski definition) is 3. The largest absolute Gasteiger partial charge is 0.430 e. The van der Waals surface area contributed by atoms with Gasteiger partial charge in [-0.15, -0.1) is 0 Å². The maximum absolute atomic E-state index is 13.6. The van der Waals surface area contributed by atoms with Gasteiger partial charge in [-0.2, -0.15) is 26.3 Å². The Hall–Kier alpha value is -3.37. The minimum absolute atomic E-state index is 0.0323. The molecule has 0 bridgehead atoms. The normalized spacial score (nSPS) is 12.8. The Bertz CT molecular complexity index is 1480. The zero-order valence-electron chi connectivity index (χ0n) is 18.5. The molecule has 188 valence electrons. The summed E-state index contributed by atoms with van der Waals surface area (Å²) in [4.78, 5) is 18.1. The second kappa shape index (κ2) is 8.94. The quantitative estimate of drug-likeness (QED) is 0.320. The molecule has 11 heteroatoms. The lowest BCUT2D eigenvalue weighted by Gasteiger charge is -2.33. The highest BCUT2D eigenvalue weighted by atomic mass is 35.5. The van der Waals surface area contributed by atoms with Gasteiger partial charge in [0.2, 0.25) is 0 Å². The van der Waals surface area contributed by atoms with Gasteiger partial charge >= 0.3 is 12.4 Å². The molecule has 0 unspecified atom stereocenters. The number of benzene rings is 3. The van der Waals surface area contributed by atoms with Crippen LogP contribution in [0.25, 0.3) is 16.6 Å². The molecule has 4 nitrogen and oxygen atoms in total. The van der Waals surface area contributed by atoms with E-state index in [0.29, 0.717) is 23.3 Å². The van der Waals surface area contributed by atoms with E-state index in [2.05, 4.69) is 4.98 Å². The van der Waals surface area contributed by atoms with Crippen molar-refractivity contribution in [2.24, 2.45) is 0 Å². The van der Waals surface area contributed by atoms with Gasteiger partial charge in [0.25, 0.3) is 11.2 Å². The highest BCUT2D eigenvalue weighted by Gasteiger charge is 2.71. The number of aliphatic hydroxyl groups is 1. The van der Waals surface area contributed by atoms with Crippen LogP contribution in [0.1, 0.15) is 22.5 Å². The molecule has 4 rings (SSSR count). The first-order valence-electron chi connectivity index (χ1n) is 10.5. The number of hydrogen-bond donors (Lipinski definition) is 1. The van der Waals surface area contributed by atoms with Crippen LogP contribution in [-0.4, -0.2) is 27.0 Å². The minimum atomic E-state index is -6.08. The lowest BCUT2D eigenvalue weighted by atomic mass is 9.92. The average Bonchev–Trinajstić information content (AvgIpc) is 2.80. The third-order valence-corrected chi connectivity index (χ3v) is 6.27. The van der Waals surface area contributed by atoms with Crippen LogP contribution in [0.15, 0.2) is 71.5 Å². The summed E-state index contributed by atoms with van der Waals surface area (Å²) in [6.07, 6.45) is -12.1. The van der Waals surface area contributed by atoms with E-state index in [-0.39, 0.29) is 33.9 Å². The summed E-state index contributed by atoms with van der Waals surface area (Å²) in [5.74, 6) is 0.0540. The van der Waals surface area contributed by atoms with Gasteiger partial charge in [0.05, 0.1) is 21.6 Å². The van der Waals surface area contributed by atoms with Gasteiger partial charge < -0.3 is 5.11 Å². The van der Waals surface area contributed by atoms with Crippen LogP contribution >= 0.6 is 11.6 Å². The molecular weight excluding hydrogens is 510 g/mol. The molecule has 0 aliphatic heterocycles. The van der Waals surface area contributed by atoms with Crippen LogP contribution in [0.3, 0.4) is 0 Å². The van der Waals surface area contributed by atoms with Crippen LogP contribution in [0.5, 0.6) is 0 Å². The zero-order valence-corrected chi connectivity index (χ0v) is 19.2. The van der Waals surface area contributed by atoms with Crippen molar-refractivity contribution in [1.82, 2.24) is 9.55 Å². The molecule has 1 aromatic heterocycles. The number of halogens is 7. The van der Waals surface area contributed by atoms with E-state index in [9.17, 15) is 36.2 Å². The SMILES string of the molecule is Cc1ccc2nc(Cc3ccccc3)n(-c3cccc(C(O)(C(F)(F)F)C(F)(F)F)c3)c(=O)c2c1Cl. The van der Waals surface area contributed by atoms with Crippen molar-refractivity contribution in [1.29, 1.82) is 0 Å². The molecule has 0 radical (unpaired) electrons. The smallest absolute Gasteiger partial charge is 0.369 e. The maximum atomic E-state index is 13.6. The van der Waals surface area contributed by atoms with E-state index in [1.807, 2.05) is 0 Å². The van der Waals surface area contributed by atoms with E-state index < -0.39 is 29.1 Å². The summed E-state index contributed by atoms with van der Waals surface area (Å²) in [7, 11) is 0. The fraction of sp³-hybridized carbons (Fsp3) is 0.200. The van der Waals surface area contributed by atoms with Gasteiger partial charge in [-0.25, -0.2) is 4.98 Å². The number of aromatic nitrogens is 2. The van der Waals surface area contributed by atoms with E-state index >= 15 is 0 Å². The highest BCUT2D eigenvalue weighted by Crippen LogP contribution is 2.50. The van der Waals surface area contributed by atoms with Gasteiger partial charge in [-0.3, -0.25) is 9.36 Å². The minimum Gasteiger partial charge on any atom is -0.369 e. The number of alkyl halides is 6. The molecule has 4 aromatic rings. The van der Waals surface area contributed by atoms with Crippen molar-refractivity contribution in [2.75, 3.05) is 0 Å². The van der Waals surface area contributed by atoms with Crippen LogP contribution in [-0.2, 0) is 12.0 Å². The predicted octanol–water partition coefficient (Wildman–Crippen LogP) is 6.25. The molecule has 0 aliphatic carbocycles. The molecule has 0 aliphatic rings. The molecule has 0 saturated heterocycles. The third-order valence-electron chi connectivity index (χ3n) is 5.79. The summed E-state index contributed by atoms with van der Waals surface area (Å²) >= 11 is 6.34. The van der Waals surface area contributed by atoms with Crippen LogP contribution in [0.4, 0.5) is 26.3 Å². The van der Waals surface area contributed by atoms with Crippen molar-refractivity contribution in [3.8, 4) is 5.69 Å². The zero-order chi connectivity index (χ0) is 26.5. The second-order valence-corrected chi connectivity index (χ2v) is 8.56. The first-order valence-corrected chi connectivity index (χ1v) is 10.8. The summed E-state index contributed by atoms with van der Waals surface area (Å²) in [6.45, 7) is 1.64. The average molecular weight is 527 g/mol.